The smallest absolute Gasteiger partial charge is 0.340 e. The minimum atomic E-state index is -1.10. The van der Waals surface area contributed by atoms with Gasteiger partial charge in [0.1, 0.15) is 11.6 Å². The maximum Gasteiger partial charge on any atom is 0.340 e. The van der Waals surface area contributed by atoms with E-state index in [9.17, 15) is 14.0 Å². The molecule has 0 saturated heterocycles. The Bertz CT molecular complexity index is 766. The lowest BCUT2D eigenvalue weighted by atomic mass is 10.2. The van der Waals surface area contributed by atoms with Crippen molar-refractivity contribution in [1.82, 2.24) is 0 Å². The Kier molecular flexibility index (Phi) is 5.92. The predicted molar refractivity (Wildman–Crippen MR) is 90.6 cm³/mol. The summed E-state index contributed by atoms with van der Waals surface area (Å²) in [4.78, 5) is 24.3. The minimum absolute atomic E-state index is 0.0213. The molecule has 1 unspecified atom stereocenters. The molecule has 2 aromatic carbocycles. The Morgan fingerprint density at radius 2 is 1.92 bits per heavy atom. The number of hydrogen-bond donors (Lipinski definition) is 1. The highest BCUT2D eigenvalue weighted by molar-refractivity contribution is 9.10. The number of nitrogens with one attached hydrogen (secondary N) is 1. The zero-order valence-corrected chi connectivity index (χ0v) is 14.6. The van der Waals surface area contributed by atoms with Crippen LogP contribution in [0.15, 0.2) is 46.9 Å². The molecule has 0 saturated carbocycles. The van der Waals surface area contributed by atoms with E-state index in [1.807, 2.05) is 0 Å². The summed E-state index contributed by atoms with van der Waals surface area (Å²) in [6, 6.07) is 10.5. The highest BCUT2D eigenvalue weighted by atomic mass is 79.9. The molecular formula is C17H15BrFNO4. The quantitative estimate of drug-likeness (QED) is 0.782. The second-order valence-corrected chi connectivity index (χ2v) is 5.72. The highest BCUT2D eigenvalue weighted by Gasteiger charge is 2.21. The molecule has 2 aromatic rings. The van der Waals surface area contributed by atoms with Crippen LogP contribution in [0.4, 0.5) is 10.1 Å². The van der Waals surface area contributed by atoms with E-state index in [-0.39, 0.29) is 11.3 Å². The molecule has 24 heavy (non-hydrogen) atoms. The molecule has 2 rings (SSSR count). The van der Waals surface area contributed by atoms with Crippen molar-refractivity contribution in [2.45, 2.75) is 13.0 Å². The van der Waals surface area contributed by atoms with Gasteiger partial charge in [-0.15, -0.1) is 0 Å². The van der Waals surface area contributed by atoms with Gasteiger partial charge in [0.25, 0.3) is 5.91 Å². The number of anilines is 1. The second kappa shape index (κ2) is 7.92. The molecule has 1 amide bonds. The number of benzene rings is 2. The SMILES string of the molecule is COc1ccc(Br)c(C(=O)OC(C)C(=O)Nc2ccccc2F)c1. The van der Waals surface area contributed by atoms with Gasteiger partial charge in [-0.2, -0.15) is 0 Å². The Hall–Kier alpha value is -2.41. The molecule has 0 radical (unpaired) electrons. The molecule has 0 aliphatic rings. The van der Waals surface area contributed by atoms with E-state index in [0.29, 0.717) is 10.2 Å². The fourth-order valence-electron chi connectivity index (χ4n) is 1.86. The first-order valence-electron chi connectivity index (χ1n) is 7.02. The molecule has 7 heteroatoms. The number of hydrogen-bond acceptors (Lipinski definition) is 4. The molecule has 126 valence electrons. The zero-order chi connectivity index (χ0) is 17.7. The molecule has 0 bridgehead atoms. The van der Waals surface area contributed by atoms with Crippen molar-refractivity contribution in [3.05, 3.63) is 58.3 Å². The first kappa shape index (κ1) is 17.9. The molecule has 5 nitrogen and oxygen atoms in total. The summed E-state index contributed by atoms with van der Waals surface area (Å²) in [5.74, 6) is -1.42. The summed E-state index contributed by atoms with van der Waals surface area (Å²) in [5, 5.41) is 2.38. The maximum absolute atomic E-state index is 13.5. The molecule has 0 aromatic heterocycles. The van der Waals surface area contributed by atoms with Crippen molar-refractivity contribution >= 4 is 33.5 Å². The molecule has 1 N–H and O–H groups in total. The first-order valence-corrected chi connectivity index (χ1v) is 7.81. The Labute approximate surface area is 146 Å². The number of para-hydroxylation sites is 1. The van der Waals surface area contributed by atoms with Crippen LogP contribution < -0.4 is 10.1 Å². The van der Waals surface area contributed by atoms with Crippen molar-refractivity contribution in [3.8, 4) is 5.75 Å². The Morgan fingerprint density at radius 3 is 2.58 bits per heavy atom. The molecule has 0 aliphatic carbocycles. The van der Waals surface area contributed by atoms with E-state index >= 15 is 0 Å². The van der Waals surface area contributed by atoms with E-state index in [1.165, 1.54) is 38.3 Å². The van der Waals surface area contributed by atoms with E-state index in [2.05, 4.69) is 21.2 Å². The number of halogens is 2. The van der Waals surface area contributed by atoms with Crippen LogP contribution in [-0.2, 0) is 9.53 Å². The van der Waals surface area contributed by atoms with Crippen molar-refractivity contribution in [1.29, 1.82) is 0 Å². The number of ether oxygens (including phenoxy) is 2. The molecule has 1 atom stereocenters. The lowest BCUT2D eigenvalue weighted by molar-refractivity contribution is -0.123. The van der Waals surface area contributed by atoms with Gasteiger partial charge < -0.3 is 14.8 Å². The number of carbonyl (C=O) groups is 2. The Balaban J connectivity index is 2.06. The number of methoxy groups -OCH3 is 1. The summed E-state index contributed by atoms with van der Waals surface area (Å²) < 4.78 is 24.2. The molecule has 0 heterocycles. The van der Waals surface area contributed by atoms with Gasteiger partial charge in [0.15, 0.2) is 6.10 Å². The van der Waals surface area contributed by atoms with Crippen LogP contribution in [0, 0.1) is 5.82 Å². The molecule has 0 spiro atoms. The average Bonchev–Trinajstić information content (AvgIpc) is 2.57. The fourth-order valence-corrected chi connectivity index (χ4v) is 2.27. The maximum atomic E-state index is 13.5. The van der Waals surface area contributed by atoms with Crippen molar-refractivity contribution < 1.29 is 23.5 Å². The third kappa shape index (κ3) is 4.32. The number of esters is 1. The third-order valence-corrected chi connectivity index (χ3v) is 3.87. The summed E-state index contributed by atoms with van der Waals surface area (Å²) in [6.45, 7) is 1.40. The van der Waals surface area contributed by atoms with Crippen LogP contribution in [0.2, 0.25) is 0 Å². The molecule has 0 fully saturated rings. The summed E-state index contributed by atoms with van der Waals surface area (Å²) >= 11 is 3.24. The van der Waals surface area contributed by atoms with Crippen LogP contribution in [0.3, 0.4) is 0 Å². The summed E-state index contributed by atoms with van der Waals surface area (Å²) in [6.07, 6.45) is -1.10. The first-order chi connectivity index (χ1) is 11.4. The van der Waals surface area contributed by atoms with Gasteiger partial charge in [-0.1, -0.05) is 12.1 Å². The van der Waals surface area contributed by atoms with Crippen molar-refractivity contribution in [3.63, 3.8) is 0 Å². The van der Waals surface area contributed by atoms with Gasteiger partial charge in [-0.05, 0) is 53.2 Å². The molecule has 0 aliphatic heterocycles. The normalized spacial score (nSPS) is 11.5. The largest absolute Gasteiger partial charge is 0.497 e. The van der Waals surface area contributed by atoms with Gasteiger partial charge in [-0.25, -0.2) is 9.18 Å². The third-order valence-electron chi connectivity index (χ3n) is 3.18. The van der Waals surface area contributed by atoms with Crippen LogP contribution in [-0.4, -0.2) is 25.1 Å². The van der Waals surface area contributed by atoms with E-state index in [4.69, 9.17) is 9.47 Å². The highest BCUT2D eigenvalue weighted by Crippen LogP contribution is 2.23. The lowest BCUT2D eigenvalue weighted by Gasteiger charge is -2.14. The van der Waals surface area contributed by atoms with Gasteiger partial charge >= 0.3 is 5.97 Å². The van der Waals surface area contributed by atoms with Crippen molar-refractivity contribution in [2.24, 2.45) is 0 Å². The standard InChI is InChI=1S/C17H15BrFNO4/c1-10(16(21)20-15-6-4-3-5-14(15)19)24-17(22)12-9-11(23-2)7-8-13(12)18/h3-10H,1-2H3,(H,20,21). The van der Waals surface area contributed by atoms with Crippen LogP contribution in [0.5, 0.6) is 5.75 Å². The number of rotatable bonds is 5. The van der Waals surface area contributed by atoms with Gasteiger partial charge in [0, 0.05) is 4.47 Å². The summed E-state index contributed by atoms with van der Waals surface area (Å²) in [7, 11) is 1.48. The topological polar surface area (TPSA) is 64.6 Å². The number of carbonyl (C=O) groups excluding carboxylic acids is 2. The monoisotopic (exact) mass is 395 g/mol. The van der Waals surface area contributed by atoms with Crippen molar-refractivity contribution in [2.75, 3.05) is 12.4 Å². The van der Waals surface area contributed by atoms with Gasteiger partial charge in [0.2, 0.25) is 0 Å². The van der Waals surface area contributed by atoms with E-state index in [0.717, 1.165) is 0 Å². The van der Waals surface area contributed by atoms with Crippen LogP contribution >= 0.6 is 15.9 Å². The minimum Gasteiger partial charge on any atom is -0.497 e. The van der Waals surface area contributed by atoms with E-state index in [1.54, 1.807) is 18.2 Å². The van der Waals surface area contributed by atoms with E-state index < -0.39 is 23.8 Å². The van der Waals surface area contributed by atoms with Gasteiger partial charge in [0.05, 0.1) is 18.4 Å². The zero-order valence-electron chi connectivity index (χ0n) is 13.0. The van der Waals surface area contributed by atoms with Gasteiger partial charge in [-0.3, -0.25) is 4.79 Å². The second-order valence-electron chi connectivity index (χ2n) is 4.86. The lowest BCUT2D eigenvalue weighted by Crippen LogP contribution is -2.30. The number of amides is 1. The average molecular weight is 396 g/mol. The van der Waals surface area contributed by atoms with Crippen LogP contribution in [0.25, 0.3) is 0 Å². The Morgan fingerprint density at radius 1 is 1.21 bits per heavy atom. The summed E-state index contributed by atoms with van der Waals surface area (Å²) in [5.41, 5.74) is 0.243. The van der Waals surface area contributed by atoms with Crippen LogP contribution in [0.1, 0.15) is 17.3 Å². The predicted octanol–water partition coefficient (Wildman–Crippen LogP) is 3.78. The fraction of sp³-hybridized carbons (Fsp3) is 0.176. The molecular weight excluding hydrogens is 381 g/mol.